The van der Waals surface area contributed by atoms with Gasteiger partial charge in [0.15, 0.2) is 17.4 Å². The number of carbonyl (C=O) groups is 2. The summed E-state index contributed by atoms with van der Waals surface area (Å²) in [4.78, 5) is 29.1. The Morgan fingerprint density at radius 3 is 2.14 bits per heavy atom. The number of hydrogen-bond donors (Lipinski definition) is 0. The van der Waals surface area contributed by atoms with E-state index in [9.17, 15) is 9.59 Å². The lowest BCUT2D eigenvalue weighted by Gasteiger charge is -1.95. The van der Waals surface area contributed by atoms with Gasteiger partial charge in [-0.1, -0.05) is 13.8 Å². The molecule has 0 bridgehead atoms. The van der Waals surface area contributed by atoms with Gasteiger partial charge in [-0.25, -0.2) is 9.97 Å². The maximum Gasteiger partial charge on any atom is 0.196 e. The summed E-state index contributed by atoms with van der Waals surface area (Å²) < 4.78 is 0. The number of rotatable bonds is 2. The van der Waals surface area contributed by atoms with Gasteiger partial charge in [0, 0.05) is 20.0 Å². The zero-order chi connectivity index (χ0) is 11.1. The van der Waals surface area contributed by atoms with Crippen molar-refractivity contribution in [2.75, 3.05) is 0 Å². The Labute approximate surface area is 83.4 Å². The third-order valence-corrected chi connectivity index (χ3v) is 1.33. The average Bonchev–Trinajstić information content (AvgIpc) is 2.21. The van der Waals surface area contributed by atoms with E-state index in [-0.39, 0.29) is 23.1 Å². The second-order valence-corrected chi connectivity index (χ2v) is 2.38. The highest BCUT2D eigenvalue weighted by molar-refractivity contribution is 5.94. The number of ketones is 2. The minimum atomic E-state index is -0.238. The van der Waals surface area contributed by atoms with Gasteiger partial charge in [0.1, 0.15) is 5.69 Å². The number of nitrogens with zero attached hydrogens (tertiary/aromatic N) is 2. The van der Waals surface area contributed by atoms with Crippen molar-refractivity contribution in [3.63, 3.8) is 0 Å². The molecule has 0 saturated heterocycles. The van der Waals surface area contributed by atoms with Crippen LogP contribution in [0.2, 0.25) is 0 Å². The van der Waals surface area contributed by atoms with Crippen LogP contribution in [0, 0.1) is 0 Å². The minimum absolute atomic E-state index is 0.0858. The molecule has 1 aromatic rings. The van der Waals surface area contributed by atoms with Crippen LogP contribution in [0.5, 0.6) is 0 Å². The van der Waals surface area contributed by atoms with Crippen molar-refractivity contribution in [1.82, 2.24) is 9.97 Å². The Bertz CT molecular complexity index is 305. The van der Waals surface area contributed by atoms with Crippen LogP contribution >= 0.6 is 0 Å². The topological polar surface area (TPSA) is 59.9 Å². The summed E-state index contributed by atoms with van der Waals surface area (Å²) in [5, 5.41) is 0. The van der Waals surface area contributed by atoms with Gasteiger partial charge in [-0.2, -0.15) is 0 Å². The molecule has 4 heteroatoms. The predicted octanol–water partition coefficient (Wildman–Crippen LogP) is 1.91. The van der Waals surface area contributed by atoms with Gasteiger partial charge >= 0.3 is 0 Å². The van der Waals surface area contributed by atoms with Crippen molar-refractivity contribution in [3.05, 3.63) is 23.8 Å². The molecule has 0 unspecified atom stereocenters. The highest BCUT2D eigenvalue weighted by Crippen LogP contribution is 1.96. The van der Waals surface area contributed by atoms with E-state index in [2.05, 4.69) is 9.97 Å². The normalized spacial score (nSPS) is 8.57. The highest BCUT2D eigenvalue weighted by Gasteiger charge is 2.05. The van der Waals surface area contributed by atoms with E-state index < -0.39 is 0 Å². The second-order valence-electron chi connectivity index (χ2n) is 2.38. The largest absolute Gasteiger partial charge is 0.293 e. The van der Waals surface area contributed by atoms with E-state index in [4.69, 9.17) is 0 Å². The molecule has 1 aromatic heterocycles. The molecule has 0 spiro atoms. The van der Waals surface area contributed by atoms with Crippen LogP contribution in [0.25, 0.3) is 0 Å². The zero-order valence-electron chi connectivity index (χ0n) is 8.87. The van der Waals surface area contributed by atoms with Crippen LogP contribution in [0.3, 0.4) is 0 Å². The fourth-order valence-corrected chi connectivity index (χ4v) is 0.724. The summed E-state index contributed by atoms with van der Waals surface area (Å²) >= 11 is 0. The second kappa shape index (κ2) is 5.96. The van der Waals surface area contributed by atoms with Crippen LogP contribution in [-0.4, -0.2) is 21.5 Å². The van der Waals surface area contributed by atoms with E-state index >= 15 is 0 Å². The molecule has 0 saturated carbocycles. The molecule has 0 N–H and O–H groups in total. The monoisotopic (exact) mass is 194 g/mol. The third kappa shape index (κ3) is 3.43. The molecular formula is C10H14N2O2. The molecule has 0 aliphatic heterocycles. The number of hydrogen-bond acceptors (Lipinski definition) is 4. The van der Waals surface area contributed by atoms with Crippen molar-refractivity contribution in [2.24, 2.45) is 0 Å². The number of carbonyl (C=O) groups excluding carboxylic acids is 2. The average molecular weight is 194 g/mol. The quantitative estimate of drug-likeness (QED) is 0.675. The van der Waals surface area contributed by atoms with Crippen molar-refractivity contribution in [1.29, 1.82) is 0 Å². The number of Topliss-reactive ketones (excluding diaryl/α,β-unsaturated/α-hetero) is 2. The van der Waals surface area contributed by atoms with Crippen molar-refractivity contribution < 1.29 is 9.59 Å². The molecule has 0 aliphatic rings. The molecule has 76 valence electrons. The molecule has 14 heavy (non-hydrogen) atoms. The molecule has 0 atom stereocenters. The maximum absolute atomic E-state index is 10.8. The maximum atomic E-state index is 10.8. The molecule has 0 amide bonds. The van der Waals surface area contributed by atoms with E-state index in [1.807, 2.05) is 13.8 Å². The Hall–Kier alpha value is -1.58. The van der Waals surface area contributed by atoms with Crippen molar-refractivity contribution in [3.8, 4) is 0 Å². The Kier molecular flexibility index (Phi) is 5.29. The predicted molar refractivity (Wildman–Crippen MR) is 53.4 cm³/mol. The van der Waals surface area contributed by atoms with Crippen molar-refractivity contribution in [2.45, 2.75) is 27.7 Å². The van der Waals surface area contributed by atoms with E-state index in [1.165, 1.54) is 26.1 Å². The van der Waals surface area contributed by atoms with Crippen LogP contribution in [0.1, 0.15) is 48.8 Å². The zero-order valence-corrected chi connectivity index (χ0v) is 8.87. The Morgan fingerprint density at radius 2 is 1.71 bits per heavy atom. The molecule has 4 nitrogen and oxygen atoms in total. The van der Waals surface area contributed by atoms with E-state index in [0.29, 0.717) is 0 Å². The smallest absolute Gasteiger partial charge is 0.196 e. The highest BCUT2D eigenvalue weighted by atomic mass is 16.1. The summed E-state index contributed by atoms with van der Waals surface area (Å²) in [5.41, 5.74) is 0.273. The minimum Gasteiger partial charge on any atom is -0.293 e. The first kappa shape index (κ1) is 12.4. The first-order valence-corrected chi connectivity index (χ1v) is 4.46. The molecule has 0 radical (unpaired) electrons. The van der Waals surface area contributed by atoms with Crippen molar-refractivity contribution >= 4 is 11.6 Å². The summed E-state index contributed by atoms with van der Waals surface area (Å²) in [7, 11) is 0. The van der Waals surface area contributed by atoms with Gasteiger partial charge in [0.2, 0.25) is 0 Å². The van der Waals surface area contributed by atoms with Crippen LogP contribution in [0.15, 0.2) is 12.3 Å². The molecule has 1 rings (SSSR count). The summed E-state index contributed by atoms with van der Waals surface area (Å²) in [6.45, 7) is 6.76. The summed E-state index contributed by atoms with van der Waals surface area (Å²) in [6, 6.07) is 1.48. The number of aromatic nitrogens is 2. The standard InChI is InChI=1S/C8H8N2O2.C2H6/c1-5(11)7-3-4-9-8(10-7)6(2)12;1-2/h3-4H,1-2H3;1-2H3. The van der Waals surface area contributed by atoms with Gasteiger partial charge in [-0.05, 0) is 6.07 Å². The Morgan fingerprint density at radius 1 is 1.14 bits per heavy atom. The Balaban J connectivity index is 0.000000791. The SMILES string of the molecule is CC.CC(=O)c1ccnc(C(C)=O)n1. The lowest BCUT2D eigenvalue weighted by Crippen LogP contribution is -2.05. The van der Waals surface area contributed by atoms with Crippen LogP contribution in [0.4, 0.5) is 0 Å². The molecular weight excluding hydrogens is 180 g/mol. The van der Waals surface area contributed by atoms with Gasteiger partial charge < -0.3 is 0 Å². The molecule has 1 heterocycles. The summed E-state index contributed by atoms with van der Waals surface area (Å²) in [6.07, 6.45) is 1.40. The third-order valence-electron chi connectivity index (χ3n) is 1.33. The first-order chi connectivity index (χ1) is 6.61. The van der Waals surface area contributed by atoms with Crippen LogP contribution < -0.4 is 0 Å². The first-order valence-electron chi connectivity index (χ1n) is 4.46. The van der Waals surface area contributed by atoms with Gasteiger partial charge in [-0.3, -0.25) is 9.59 Å². The van der Waals surface area contributed by atoms with E-state index in [1.54, 1.807) is 0 Å². The molecule has 0 aromatic carbocycles. The van der Waals surface area contributed by atoms with Crippen LogP contribution in [-0.2, 0) is 0 Å². The fraction of sp³-hybridized carbons (Fsp3) is 0.400. The lowest BCUT2D eigenvalue weighted by molar-refractivity contribution is 0.100. The fourth-order valence-electron chi connectivity index (χ4n) is 0.724. The molecule has 0 fully saturated rings. The van der Waals surface area contributed by atoms with Gasteiger partial charge in [0.25, 0.3) is 0 Å². The van der Waals surface area contributed by atoms with Gasteiger partial charge in [-0.15, -0.1) is 0 Å². The van der Waals surface area contributed by atoms with E-state index in [0.717, 1.165) is 0 Å². The lowest BCUT2D eigenvalue weighted by atomic mass is 10.3. The summed E-state index contributed by atoms with van der Waals surface area (Å²) in [5.74, 6) is -0.319. The van der Waals surface area contributed by atoms with Gasteiger partial charge in [0.05, 0.1) is 0 Å². The molecule has 0 aliphatic carbocycles.